The Balaban J connectivity index is 1.72. The second-order valence-electron chi connectivity index (χ2n) is 7.17. The van der Waals surface area contributed by atoms with Crippen LogP contribution in [-0.2, 0) is 4.74 Å². The van der Waals surface area contributed by atoms with Gasteiger partial charge >= 0.3 is 6.09 Å². The highest BCUT2D eigenvalue weighted by molar-refractivity contribution is 7.07. The van der Waals surface area contributed by atoms with Crippen molar-refractivity contribution in [2.45, 2.75) is 26.4 Å². The van der Waals surface area contributed by atoms with Crippen molar-refractivity contribution in [3.63, 3.8) is 0 Å². The number of methoxy groups -OCH3 is 1. The molecule has 30 heavy (non-hydrogen) atoms. The zero-order valence-corrected chi connectivity index (χ0v) is 17.7. The van der Waals surface area contributed by atoms with Crippen molar-refractivity contribution in [2.24, 2.45) is 0 Å². The van der Waals surface area contributed by atoms with Crippen LogP contribution in [0.3, 0.4) is 0 Å². The molecule has 2 aromatic heterocycles. The molecule has 3 rings (SSSR count). The van der Waals surface area contributed by atoms with Gasteiger partial charge in [0.15, 0.2) is 5.82 Å². The summed E-state index contributed by atoms with van der Waals surface area (Å²) in [7, 11) is 1.50. The first-order chi connectivity index (χ1) is 14.2. The minimum atomic E-state index is -0.608. The fourth-order valence-corrected chi connectivity index (χ4v) is 2.96. The molecule has 0 fully saturated rings. The molecule has 0 unspecified atom stereocenters. The van der Waals surface area contributed by atoms with E-state index in [1.165, 1.54) is 18.4 Å². The quantitative estimate of drug-likeness (QED) is 0.627. The number of hydrogen-bond acceptors (Lipinski definition) is 8. The van der Waals surface area contributed by atoms with Gasteiger partial charge in [0.2, 0.25) is 0 Å². The zero-order chi connectivity index (χ0) is 21.7. The smallest absolute Gasteiger partial charge is 0.412 e. The number of rotatable bonds is 5. The number of carbonyl (C=O) groups excluding carboxylic acids is 2. The van der Waals surface area contributed by atoms with Crippen molar-refractivity contribution in [1.82, 2.24) is 15.2 Å². The summed E-state index contributed by atoms with van der Waals surface area (Å²) >= 11 is 1.33. The van der Waals surface area contributed by atoms with Crippen LogP contribution < -0.4 is 15.4 Å². The van der Waals surface area contributed by atoms with Crippen molar-refractivity contribution < 1.29 is 19.1 Å². The Kier molecular flexibility index (Phi) is 6.26. The molecule has 2 amide bonds. The number of ether oxygens (including phenoxy) is 2. The van der Waals surface area contributed by atoms with Crippen molar-refractivity contribution in [1.29, 1.82) is 0 Å². The van der Waals surface area contributed by atoms with E-state index in [0.717, 1.165) is 5.56 Å². The molecule has 0 bridgehead atoms. The molecule has 9 nitrogen and oxygen atoms in total. The van der Waals surface area contributed by atoms with Crippen LogP contribution in [0.2, 0.25) is 0 Å². The second-order valence-corrected chi connectivity index (χ2v) is 7.89. The minimum absolute atomic E-state index is 0.312. The molecule has 0 aliphatic carbocycles. The maximum atomic E-state index is 12.0. The molecule has 156 valence electrons. The molecule has 1 aromatic carbocycles. The van der Waals surface area contributed by atoms with Crippen molar-refractivity contribution in [2.75, 3.05) is 17.7 Å². The average molecular weight is 427 g/mol. The molecule has 0 aliphatic heterocycles. The number of nitrogens with one attached hydrogen (secondary N) is 2. The predicted molar refractivity (Wildman–Crippen MR) is 114 cm³/mol. The van der Waals surface area contributed by atoms with Crippen LogP contribution in [0.15, 0.2) is 41.2 Å². The van der Waals surface area contributed by atoms with Gasteiger partial charge in [0.05, 0.1) is 24.0 Å². The van der Waals surface area contributed by atoms with E-state index in [4.69, 9.17) is 9.47 Å². The molecule has 0 radical (unpaired) electrons. The standard InChI is InChI=1S/C20H21N5O4S/c1-20(2,3)29-19(27)22-14-6-5-12(9-16(14)28-4)13-7-8-17(25-24-13)23-18(26)15-10-30-11-21-15/h5-11H,1-4H3,(H,22,27)(H,23,25,26). The summed E-state index contributed by atoms with van der Waals surface area (Å²) in [6.07, 6.45) is -0.575. The van der Waals surface area contributed by atoms with E-state index in [1.807, 2.05) is 0 Å². The Morgan fingerprint density at radius 3 is 2.47 bits per heavy atom. The third-order valence-corrected chi connectivity index (χ3v) is 4.29. The summed E-state index contributed by atoms with van der Waals surface area (Å²) in [5.41, 5.74) is 3.07. The van der Waals surface area contributed by atoms with Crippen LogP contribution in [0.25, 0.3) is 11.3 Å². The number of thiazole rings is 1. The Bertz CT molecular complexity index is 1030. The Morgan fingerprint density at radius 1 is 1.07 bits per heavy atom. The van der Waals surface area contributed by atoms with E-state index in [-0.39, 0.29) is 5.91 Å². The highest BCUT2D eigenvalue weighted by atomic mass is 32.1. The lowest BCUT2D eigenvalue weighted by molar-refractivity contribution is 0.0635. The Morgan fingerprint density at radius 2 is 1.87 bits per heavy atom. The van der Waals surface area contributed by atoms with Gasteiger partial charge in [-0.2, -0.15) is 0 Å². The van der Waals surface area contributed by atoms with E-state index in [0.29, 0.717) is 28.6 Å². The minimum Gasteiger partial charge on any atom is -0.495 e. The number of hydrogen-bond donors (Lipinski definition) is 2. The van der Waals surface area contributed by atoms with E-state index in [9.17, 15) is 9.59 Å². The molecule has 2 heterocycles. The Labute approximate surface area is 177 Å². The summed E-state index contributed by atoms with van der Waals surface area (Å²) < 4.78 is 10.6. The molecule has 0 atom stereocenters. The molecular formula is C20H21N5O4S. The second kappa shape index (κ2) is 8.87. The molecule has 10 heteroatoms. The lowest BCUT2D eigenvalue weighted by Crippen LogP contribution is -2.27. The van der Waals surface area contributed by atoms with E-state index < -0.39 is 11.7 Å². The normalized spacial score (nSPS) is 10.9. The number of carbonyl (C=O) groups is 2. The Hall–Kier alpha value is -3.53. The van der Waals surface area contributed by atoms with Crippen LogP contribution in [0.1, 0.15) is 31.3 Å². The number of amides is 2. The third kappa shape index (κ3) is 5.51. The van der Waals surface area contributed by atoms with E-state index in [2.05, 4.69) is 25.8 Å². The summed E-state index contributed by atoms with van der Waals surface area (Å²) in [5, 5.41) is 15.1. The first kappa shape index (κ1) is 21.2. The number of benzene rings is 1. The van der Waals surface area contributed by atoms with Crippen molar-refractivity contribution in [3.05, 3.63) is 46.9 Å². The van der Waals surface area contributed by atoms with Gasteiger partial charge in [0, 0.05) is 10.9 Å². The first-order valence-electron chi connectivity index (χ1n) is 8.97. The highest BCUT2D eigenvalue weighted by Gasteiger charge is 2.18. The SMILES string of the molecule is COc1cc(-c2ccc(NC(=O)c3cscn3)nn2)ccc1NC(=O)OC(C)(C)C. The van der Waals surface area contributed by atoms with Gasteiger partial charge in [-0.3, -0.25) is 10.1 Å². The molecule has 0 spiro atoms. The van der Waals surface area contributed by atoms with Crippen molar-refractivity contribution in [3.8, 4) is 17.0 Å². The van der Waals surface area contributed by atoms with Crippen molar-refractivity contribution >= 4 is 34.8 Å². The van der Waals surface area contributed by atoms with Crippen LogP contribution >= 0.6 is 11.3 Å². The fraction of sp³-hybridized carbons (Fsp3) is 0.250. The number of anilines is 2. The summed E-state index contributed by atoms with van der Waals surface area (Å²) in [6, 6.07) is 8.56. The molecular weight excluding hydrogens is 406 g/mol. The van der Waals surface area contributed by atoms with E-state index in [1.54, 1.807) is 62.0 Å². The molecule has 0 aliphatic rings. The van der Waals surface area contributed by atoms with Crippen LogP contribution in [0, 0.1) is 0 Å². The monoisotopic (exact) mass is 427 g/mol. The van der Waals surface area contributed by atoms with Crippen LogP contribution in [0.5, 0.6) is 5.75 Å². The maximum Gasteiger partial charge on any atom is 0.412 e. The number of aromatic nitrogens is 3. The predicted octanol–water partition coefficient (Wildman–Crippen LogP) is 4.21. The molecule has 3 aromatic rings. The summed E-state index contributed by atoms with van der Waals surface area (Å²) in [4.78, 5) is 28.0. The van der Waals surface area contributed by atoms with Gasteiger partial charge in [-0.1, -0.05) is 6.07 Å². The lowest BCUT2D eigenvalue weighted by Gasteiger charge is -2.20. The van der Waals surface area contributed by atoms with E-state index >= 15 is 0 Å². The largest absolute Gasteiger partial charge is 0.495 e. The topological polar surface area (TPSA) is 115 Å². The van der Waals surface area contributed by atoms with Gasteiger partial charge in [-0.25, -0.2) is 9.78 Å². The average Bonchev–Trinajstić information content (AvgIpc) is 3.22. The maximum absolute atomic E-state index is 12.0. The van der Waals surface area contributed by atoms with Gasteiger partial charge in [0.25, 0.3) is 5.91 Å². The van der Waals surface area contributed by atoms with Crippen LogP contribution in [-0.4, -0.2) is 39.9 Å². The van der Waals surface area contributed by atoms with Gasteiger partial charge in [-0.15, -0.1) is 21.5 Å². The van der Waals surface area contributed by atoms with Gasteiger partial charge in [-0.05, 0) is 45.0 Å². The molecule has 0 saturated carbocycles. The molecule has 2 N–H and O–H groups in total. The fourth-order valence-electron chi connectivity index (χ4n) is 2.43. The summed E-state index contributed by atoms with van der Waals surface area (Å²) in [5.74, 6) is 0.408. The first-order valence-corrected chi connectivity index (χ1v) is 9.91. The lowest BCUT2D eigenvalue weighted by atomic mass is 10.1. The highest BCUT2D eigenvalue weighted by Crippen LogP contribution is 2.30. The summed E-state index contributed by atoms with van der Waals surface area (Å²) in [6.45, 7) is 5.36. The van der Waals surface area contributed by atoms with Gasteiger partial charge in [0.1, 0.15) is 17.0 Å². The van der Waals surface area contributed by atoms with Crippen LogP contribution in [0.4, 0.5) is 16.3 Å². The van der Waals surface area contributed by atoms with Gasteiger partial charge < -0.3 is 14.8 Å². The molecule has 0 saturated heterocycles. The zero-order valence-electron chi connectivity index (χ0n) is 16.9. The third-order valence-electron chi connectivity index (χ3n) is 3.70. The number of nitrogens with zero attached hydrogens (tertiary/aromatic N) is 3.